The molecule has 7 heteroatoms. The molecule has 1 aliphatic rings. The number of carbonyl (C=O) groups is 1. The number of ether oxygens (including phenoxy) is 1. The molecule has 2 atom stereocenters. The normalized spacial score (nSPS) is 21.0. The van der Waals surface area contributed by atoms with E-state index in [-0.39, 0.29) is 17.8 Å². The first kappa shape index (κ1) is 18.2. The Morgan fingerprint density at radius 1 is 1.42 bits per heavy atom. The average molecular weight is 339 g/mol. The largest absolute Gasteiger partial charge is 0.469 e. The molecule has 5 nitrogen and oxygen atoms in total. The van der Waals surface area contributed by atoms with E-state index in [1.165, 1.54) is 13.2 Å². The zero-order valence-corrected chi connectivity index (χ0v) is 14.2. The summed E-state index contributed by atoms with van der Waals surface area (Å²) in [5.41, 5.74) is 0.320. The third-order valence-electron chi connectivity index (χ3n) is 4.31. The van der Waals surface area contributed by atoms with Crippen LogP contribution in [-0.2, 0) is 16.0 Å². The van der Waals surface area contributed by atoms with E-state index in [9.17, 15) is 13.6 Å². The summed E-state index contributed by atoms with van der Waals surface area (Å²) in [5, 5.41) is 3.14. The van der Waals surface area contributed by atoms with Gasteiger partial charge in [-0.25, -0.2) is 8.78 Å². The molecule has 0 saturated carbocycles. The van der Waals surface area contributed by atoms with Crippen molar-refractivity contribution in [1.82, 2.24) is 10.2 Å². The molecule has 1 aromatic rings. The summed E-state index contributed by atoms with van der Waals surface area (Å²) in [6.45, 7) is 3.63. The molecule has 0 aliphatic carbocycles. The van der Waals surface area contributed by atoms with E-state index in [2.05, 4.69) is 10.3 Å². The molecule has 0 aromatic heterocycles. The first-order chi connectivity index (χ1) is 11.5. The number of hydrogen-bond donors (Lipinski definition) is 1. The second-order valence-corrected chi connectivity index (χ2v) is 5.97. The summed E-state index contributed by atoms with van der Waals surface area (Å²) in [6.07, 6.45) is 0.340. The van der Waals surface area contributed by atoms with Crippen LogP contribution in [0.4, 0.5) is 8.78 Å². The average Bonchev–Trinajstić information content (AvgIpc) is 2.95. The highest BCUT2D eigenvalue weighted by molar-refractivity contribution is 5.82. The van der Waals surface area contributed by atoms with Gasteiger partial charge in [0.25, 0.3) is 0 Å². The number of halogens is 2. The van der Waals surface area contributed by atoms with Crippen molar-refractivity contribution in [3.8, 4) is 0 Å². The first-order valence-electron chi connectivity index (χ1n) is 7.93. The predicted octanol–water partition coefficient (Wildman–Crippen LogP) is 1.82. The minimum absolute atomic E-state index is 0.164. The summed E-state index contributed by atoms with van der Waals surface area (Å²) >= 11 is 0. The molecule has 0 radical (unpaired) electrons. The van der Waals surface area contributed by atoms with Crippen molar-refractivity contribution in [1.29, 1.82) is 0 Å². The van der Waals surface area contributed by atoms with Gasteiger partial charge in [-0.2, -0.15) is 0 Å². The molecule has 1 aromatic carbocycles. The maximum absolute atomic E-state index is 13.6. The lowest BCUT2D eigenvalue weighted by Gasteiger charge is -2.21. The maximum Gasteiger partial charge on any atom is 0.310 e. The molecule has 24 heavy (non-hydrogen) atoms. The highest BCUT2D eigenvalue weighted by Gasteiger charge is 2.36. The maximum atomic E-state index is 13.6. The minimum atomic E-state index is -0.454. The smallest absolute Gasteiger partial charge is 0.310 e. The van der Waals surface area contributed by atoms with Crippen LogP contribution in [-0.4, -0.2) is 50.6 Å². The number of carbonyl (C=O) groups excluding carboxylic acids is 1. The summed E-state index contributed by atoms with van der Waals surface area (Å²) in [5.74, 6) is -0.475. The number of guanidine groups is 1. The Morgan fingerprint density at radius 3 is 2.83 bits per heavy atom. The zero-order valence-electron chi connectivity index (χ0n) is 14.2. The molecule has 0 amide bonds. The van der Waals surface area contributed by atoms with E-state index in [1.54, 1.807) is 7.05 Å². The molecule has 1 N–H and O–H groups in total. The predicted molar refractivity (Wildman–Crippen MR) is 87.7 cm³/mol. The Hall–Kier alpha value is -2.18. The van der Waals surface area contributed by atoms with Crippen LogP contribution < -0.4 is 5.32 Å². The van der Waals surface area contributed by atoms with Gasteiger partial charge in [0.15, 0.2) is 5.96 Å². The molecule has 1 heterocycles. The van der Waals surface area contributed by atoms with Gasteiger partial charge in [0, 0.05) is 26.7 Å². The fourth-order valence-electron chi connectivity index (χ4n) is 2.97. The molecule has 2 rings (SSSR count). The van der Waals surface area contributed by atoms with Gasteiger partial charge in [-0.15, -0.1) is 0 Å². The molecule has 1 aliphatic heterocycles. The molecular formula is C17H23F2N3O2. The fraction of sp³-hybridized carbons (Fsp3) is 0.529. The van der Waals surface area contributed by atoms with Gasteiger partial charge in [-0.3, -0.25) is 9.79 Å². The summed E-state index contributed by atoms with van der Waals surface area (Å²) in [6, 6.07) is 3.43. The number of benzene rings is 1. The van der Waals surface area contributed by atoms with Crippen molar-refractivity contribution in [2.45, 2.75) is 13.3 Å². The van der Waals surface area contributed by atoms with E-state index in [1.807, 2.05) is 11.8 Å². The van der Waals surface area contributed by atoms with E-state index in [0.717, 1.165) is 12.1 Å². The van der Waals surface area contributed by atoms with Crippen LogP contribution in [0.5, 0.6) is 0 Å². The van der Waals surface area contributed by atoms with Crippen LogP contribution in [0, 0.1) is 23.5 Å². The van der Waals surface area contributed by atoms with Crippen LogP contribution in [0.3, 0.4) is 0 Å². The van der Waals surface area contributed by atoms with Crippen molar-refractivity contribution in [3.05, 3.63) is 35.4 Å². The third-order valence-corrected chi connectivity index (χ3v) is 4.31. The number of likely N-dealkylation sites (tertiary alicyclic amines) is 1. The molecule has 132 valence electrons. The van der Waals surface area contributed by atoms with Gasteiger partial charge in [-0.1, -0.05) is 6.92 Å². The lowest BCUT2D eigenvalue weighted by atomic mass is 9.99. The Kier molecular flexibility index (Phi) is 6.11. The Labute approximate surface area is 140 Å². The van der Waals surface area contributed by atoms with E-state index >= 15 is 0 Å². The zero-order chi connectivity index (χ0) is 17.7. The number of nitrogens with zero attached hydrogens (tertiary/aromatic N) is 2. The van der Waals surface area contributed by atoms with Gasteiger partial charge in [0.2, 0.25) is 0 Å². The van der Waals surface area contributed by atoms with Gasteiger partial charge in [0.05, 0.1) is 13.0 Å². The van der Waals surface area contributed by atoms with Gasteiger partial charge in [0.1, 0.15) is 11.6 Å². The van der Waals surface area contributed by atoms with Crippen molar-refractivity contribution < 1.29 is 18.3 Å². The summed E-state index contributed by atoms with van der Waals surface area (Å²) in [4.78, 5) is 18.0. The number of rotatable bonds is 4. The lowest BCUT2D eigenvalue weighted by molar-refractivity contribution is -0.145. The van der Waals surface area contributed by atoms with Crippen LogP contribution in [0.1, 0.15) is 12.5 Å². The van der Waals surface area contributed by atoms with Gasteiger partial charge < -0.3 is 15.0 Å². The highest BCUT2D eigenvalue weighted by atomic mass is 19.1. The van der Waals surface area contributed by atoms with Crippen LogP contribution in [0.2, 0.25) is 0 Å². The number of methoxy groups -OCH3 is 1. The minimum Gasteiger partial charge on any atom is -0.469 e. The van der Waals surface area contributed by atoms with Crippen LogP contribution >= 0.6 is 0 Å². The Balaban J connectivity index is 1.91. The number of esters is 1. The van der Waals surface area contributed by atoms with E-state index in [0.29, 0.717) is 37.6 Å². The topological polar surface area (TPSA) is 53.9 Å². The van der Waals surface area contributed by atoms with E-state index in [4.69, 9.17) is 4.74 Å². The molecule has 1 saturated heterocycles. The van der Waals surface area contributed by atoms with Crippen LogP contribution in [0.15, 0.2) is 23.2 Å². The van der Waals surface area contributed by atoms with Crippen molar-refractivity contribution in [2.75, 3.05) is 33.8 Å². The second kappa shape index (κ2) is 8.08. The first-order valence-corrected chi connectivity index (χ1v) is 7.93. The molecule has 0 spiro atoms. The molecule has 1 fully saturated rings. The molecule has 2 unspecified atom stereocenters. The monoisotopic (exact) mass is 339 g/mol. The quantitative estimate of drug-likeness (QED) is 0.517. The van der Waals surface area contributed by atoms with Crippen molar-refractivity contribution >= 4 is 11.9 Å². The molecule has 0 bridgehead atoms. The number of nitrogens with one attached hydrogen (secondary N) is 1. The summed E-state index contributed by atoms with van der Waals surface area (Å²) < 4.78 is 31.6. The highest BCUT2D eigenvalue weighted by Crippen LogP contribution is 2.24. The summed E-state index contributed by atoms with van der Waals surface area (Å²) in [7, 11) is 3.04. The number of hydrogen-bond acceptors (Lipinski definition) is 3. The Morgan fingerprint density at radius 2 is 2.17 bits per heavy atom. The standard InChI is InChI=1S/C17H23F2N3O2/c1-11-9-22(10-14(11)16(23)24-3)17(20-2)21-7-6-12-8-13(18)4-5-15(12)19/h4-5,8,11,14H,6-7,9-10H2,1-3H3,(H,20,21). The molecular weight excluding hydrogens is 316 g/mol. The number of aliphatic imine (C=N–C) groups is 1. The van der Waals surface area contributed by atoms with Crippen molar-refractivity contribution in [2.24, 2.45) is 16.8 Å². The second-order valence-electron chi connectivity index (χ2n) is 5.97. The van der Waals surface area contributed by atoms with Gasteiger partial charge in [-0.05, 0) is 36.1 Å². The van der Waals surface area contributed by atoms with Crippen molar-refractivity contribution in [3.63, 3.8) is 0 Å². The third kappa shape index (κ3) is 4.21. The van der Waals surface area contributed by atoms with Crippen LogP contribution in [0.25, 0.3) is 0 Å². The lowest BCUT2D eigenvalue weighted by Crippen LogP contribution is -2.41. The SMILES string of the molecule is CN=C(NCCc1cc(F)ccc1F)N1CC(C)C(C(=O)OC)C1. The van der Waals surface area contributed by atoms with E-state index < -0.39 is 11.6 Å². The Bertz CT molecular complexity index is 622. The van der Waals surface area contributed by atoms with Gasteiger partial charge >= 0.3 is 5.97 Å². The fourth-order valence-corrected chi connectivity index (χ4v) is 2.97.